The number of benzene rings is 2. The molecule has 29 heavy (non-hydrogen) atoms. The number of unbranched alkanes of at least 4 members (excludes halogenated alkanes) is 1. The first-order valence-corrected chi connectivity index (χ1v) is 10.7. The predicted octanol–water partition coefficient (Wildman–Crippen LogP) is 5.41. The highest BCUT2D eigenvalue weighted by Crippen LogP contribution is 2.40. The summed E-state index contributed by atoms with van der Waals surface area (Å²) in [5.74, 6) is 1.16. The van der Waals surface area contributed by atoms with Crippen molar-refractivity contribution in [1.29, 1.82) is 0 Å². The van der Waals surface area contributed by atoms with Crippen LogP contribution in [0.3, 0.4) is 0 Å². The van der Waals surface area contributed by atoms with Crippen LogP contribution in [-0.2, 0) is 11.3 Å². The summed E-state index contributed by atoms with van der Waals surface area (Å²) in [4.78, 5) is 31.5. The zero-order valence-corrected chi connectivity index (χ0v) is 17.1. The van der Waals surface area contributed by atoms with Crippen LogP contribution in [-0.4, -0.2) is 28.5 Å². The third-order valence-electron chi connectivity index (χ3n) is 6.18. The summed E-state index contributed by atoms with van der Waals surface area (Å²) in [6.07, 6.45) is 7.88. The first-order chi connectivity index (χ1) is 14.2. The molecule has 0 aromatic heterocycles. The quantitative estimate of drug-likeness (QED) is 0.596. The number of amidine groups is 1. The van der Waals surface area contributed by atoms with Gasteiger partial charge in [-0.25, -0.2) is 0 Å². The number of rotatable bonds is 7. The smallest absolute Gasteiger partial charge is 0.256 e. The molecule has 1 aliphatic carbocycles. The van der Waals surface area contributed by atoms with Gasteiger partial charge in [-0.05, 0) is 36.0 Å². The van der Waals surface area contributed by atoms with Gasteiger partial charge in [0.05, 0.1) is 6.54 Å². The van der Waals surface area contributed by atoms with E-state index < -0.39 is 5.54 Å². The Morgan fingerprint density at radius 3 is 2.48 bits per heavy atom. The second-order valence-electron chi connectivity index (χ2n) is 8.16. The van der Waals surface area contributed by atoms with Crippen molar-refractivity contribution in [2.75, 3.05) is 0 Å². The van der Waals surface area contributed by atoms with Gasteiger partial charge in [0.1, 0.15) is 11.4 Å². The average molecular weight is 389 g/mol. The fourth-order valence-electron chi connectivity index (χ4n) is 4.53. The monoisotopic (exact) mass is 388 g/mol. The predicted molar refractivity (Wildman–Crippen MR) is 116 cm³/mol. The number of nitrogens with zero attached hydrogens (tertiary/aromatic N) is 2. The molecule has 2 aromatic carbocycles. The van der Waals surface area contributed by atoms with Gasteiger partial charge in [-0.15, -0.1) is 0 Å². The lowest BCUT2D eigenvalue weighted by molar-refractivity contribution is -0.131. The molecule has 0 bridgehead atoms. The summed E-state index contributed by atoms with van der Waals surface area (Å²) < 4.78 is 0. The van der Waals surface area contributed by atoms with Crippen molar-refractivity contribution >= 4 is 18.0 Å². The van der Waals surface area contributed by atoms with Crippen molar-refractivity contribution in [2.45, 2.75) is 64.0 Å². The number of amides is 1. The Morgan fingerprint density at radius 1 is 1.07 bits per heavy atom. The van der Waals surface area contributed by atoms with Crippen LogP contribution >= 0.6 is 0 Å². The molecule has 150 valence electrons. The Hall–Kier alpha value is -2.75. The van der Waals surface area contributed by atoms with Gasteiger partial charge in [0, 0.05) is 12.0 Å². The van der Waals surface area contributed by atoms with E-state index >= 15 is 0 Å². The third-order valence-corrected chi connectivity index (χ3v) is 6.18. The first-order valence-electron chi connectivity index (χ1n) is 10.7. The van der Waals surface area contributed by atoms with Gasteiger partial charge in [0.15, 0.2) is 6.29 Å². The van der Waals surface area contributed by atoms with E-state index in [1.54, 1.807) is 0 Å². The maximum Gasteiger partial charge on any atom is 0.256 e. The molecule has 4 rings (SSSR count). The highest BCUT2D eigenvalue weighted by Gasteiger charge is 2.49. The van der Waals surface area contributed by atoms with Crippen LogP contribution in [0.5, 0.6) is 0 Å². The zero-order chi connectivity index (χ0) is 20.3. The lowest BCUT2D eigenvalue weighted by Crippen LogP contribution is -2.40. The highest BCUT2D eigenvalue weighted by atomic mass is 16.2. The van der Waals surface area contributed by atoms with Crippen LogP contribution in [0.25, 0.3) is 11.1 Å². The second-order valence-corrected chi connectivity index (χ2v) is 8.16. The summed E-state index contributed by atoms with van der Waals surface area (Å²) in [5.41, 5.74) is 3.24. The van der Waals surface area contributed by atoms with Crippen molar-refractivity contribution in [3.05, 3.63) is 59.7 Å². The van der Waals surface area contributed by atoms with E-state index in [1.807, 2.05) is 41.3 Å². The topological polar surface area (TPSA) is 49.7 Å². The minimum atomic E-state index is -0.480. The van der Waals surface area contributed by atoms with E-state index in [4.69, 9.17) is 4.99 Å². The Kier molecular flexibility index (Phi) is 5.61. The fraction of sp³-hybridized carbons (Fsp3) is 0.400. The molecule has 1 aliphatic heterocycles. The van der Waals surface area contributed by atoms with E-state index in [-0.39, 0.29) is 5.91 Å². The number of aldehydes is 1. The maximum absolute atomic E-state index is 13.3. The minimum absolute atomic E-state index is 0.191. The van der Waals surface area contributed by atoms with Crippen LogP contribution in [0.2, 0.25) is 0 Å². The van der Waals surface area contributed by atoms with Gasteiger partial charge in [-0.3, -0.25) is 19.5 Å². The van der Waals surface area contributed by atoms with Crippen molar-refractivity contribution in [3.63, 3.8) is 0 Å². The van der Waals surface area contributed by atoms with Crippen molar-refractivity contribution in [3.8, 4) is 11.1 Å². The molecule has 0 saturated heterocycles. The maximum atomic E-state index is 13.3. The van der Waals surface area contributed by atoms with Crippen molar-refractivity contribution in [1.82, 2.24) is 4.90 Å². The van der Waals surface area contributed by atoms with Gasteiger partial charge in [-0.2, -0.15) is 0 Å². The number of carbonyl (C=O) groups is 2. The molecule has 1 spiro atoms. The Bertz CT molecular complexity index is 924. The summed E-state index contributed by atoms with van der Waals surface area (Å²) in [7, 11) is 0. The highest BCUT2D eigenvalue weighted by molar-refractivity contribution is 6.08. The summed E-state index contributed by atoms with van der Waals surface area (Å²) >= 11 is 0. The molecule has 0 atom stereocenters. The van der Waals surface area contributed by atoms with Gasteiger partial charge >= 0.3 is 0 Å². The second kappa shape index (κ2) is 8.32. The molecule has 0 radical (unpaired) electrons. The fourth-order valence-corrected chi connectivity index (χ4v) is 4.53. The minimum Gasteiger partial charge on any atom is -0.298 e. The molecule has 1 saturated carbocycles. The SMILES string of the molecule is CCCCC1=NC2(CCCC2)C(=O)N1Cc1ccc(-c2ccccc2C=O)cc1. The molecule has 0 unspecified atom stereocenters. The molecule has 1 heterocycles. The lowest BCUT2D eigenvalue weighted by atomic mass is 9.97. The average Bonchev–Trinajstić information content (AvgIpc) is 3.33. The van der Waals surface area contributed by atoms with E-state index in [2.05, 4.69) is 19.1 Å². The van der Waals surface area contributed by atoms with Crippen LogP contribution in [0.4, 0.5) is 0 Å². The molecule has 2 aliphatic rings. The molecule has 2 aromatic rings. The lowest BCUT2D eigenvalue weighted by Gasteiger charge is -2.23. The van der Waals surface area contributed by atoms with Gasteiger partial charge in [-0.1, -0.05) is 74.7 Å². The van der Waals surface area contributed by atoms with E-state index in [0.717, 1.165) is 73.8 Å². The van der Waals surface area contributed by atoms with Crippen LogP contribution in [0.1, 0.15) is 67.8 Å². The summed E-state index contributed by atoms with van der Waals surface area (Å²) in [5, 5.41) is 0. The molecular formula is C25H28N2O2. The summed E-state index contributed by atoms with van der Waals surface area (Å²) in [6.45, 7) is 2.74. The van der Waals surface area contributed by atoms with Crippen LogP contribution < -0.4 is 0 Å². The number of carbonyl (C=O) groups excluding carboxylic acids is 2. The number of hydrogen-bond donors (Lipinski definition) is 0. The van der Waals surface area contributed by atoms with Crippen molar-refractivity contribution in [2.24, 2.45) is 4.99 Å². The van der Waals surface area contributed by atoms with E-state index in [9.17, 15) is 9.59 Å². The molecule has 4 heteroatoms. The van der Waals surface area contributed by atoms with Crippen LogP contribution in [0.15, 0.2) is 53.5 Å². The standard InChI is InChI=1S/C25H28N2O2/c1-2-3-10-23-26-25(15-6-7-16-25)24(29)27(23)17-19-11-13-20(14-12-19)22-9-5-4-8-21(22)18-28/h4-5,8-9,11-14,18H,2-3,6-7,10,15-17H2,1H3. The van der Waals surface area contributed by atoms with E-state index in [0.29, 0.717) is 12.1 Å². The number of hydrogen-bond acceptors (Lipinski definition) is 3. The van der Waals surface area contributed by atoms with Gasteiger partial charge in [0.25, 0.3) is 5.91 Å². The van der Waals surface area contributed by atoms with Crippen molar-refractivity contribution < 1.29 is 9.59 Å². The van der Waals surface area contributed by atoms with Gasteiger partial charge < -0.3 is 0 Å². The largest absolute Gasteiger partial charge is 0.298 e. The number of aliphatic imine (C=N–C) groups is 1. The Morgan fingerprint density at radius 2 is 1.79 bits per heavy atom. The Labute approximate surface area is 172 Å². The molecule has 1 amide bonds. The molecular weight excluding hydrogens is 360 g/mol. The zero-order valence-electron chi connectivity index (χ0n) is 17.1. The van der Waals surface area contributed by atoms with Gasteiger partial charge in [0.2, 0.25) is 0 Å². The summed E-state index contributed by atoms with van der Waals surface area (Å²) in [6, 6.07) is 15.8. The first kappa shape index (κ1) is 19.6. The normalized spacial score (nSPS) is 17.8. The molecule has 1 fully saturated rings. The molecule has 0 N–H and O–H groups in total. The third kappa shape index (κ3) is 3.76. The Balaban J connectivity index is 1.55. The van der Waals surface area contributed by atoms with Crippen LogP contribution in [0, 0.1) is 0 Å². The molecule has 4 nitrogen and oxygen atoms in total. The van der Waals surface area contributed by atoms with E-state index in [1.165, 1.54) is 0 Å².